The molecule has 0 saturated carbocycles. The number of hydrogen-bond donors (Lipinski definition) is 2. The number of halogens is 1. The molecule has 26 heavy (non-hydrogen) atoms. The number of furan rings is 1. The molecule has 1 aromatic carbocycles. The molecule has 0 radical (unpaired) electrons. The summed E-state index contributed by atoms with van der Waals surface area (Å²) in [6.07, 6.45) is 0.372. The Hall–Kier alpha value is -2.45. The summed E-state index contributed by atoms with van der Waals surface area (Å²) in [5, 5.41) is 7.43. The van der Waals surface area contributed by atoms with Gasteiger partial charge in [0.15, 0.2) is 10.4 Å². The Labute approximate surface area is 162 Å². The summed E-state index contributed by atoms with van der Waals surface area (Å²) in [5.41, 5.74) is 3.43. The summed E-state index contributed by atoms with van der Waals surface area (Å²) in [4.78, 5) is 29.1. The van der Waals surface area contributed by atoms with Crippen LogP contribution in [0.25, 0.3) is 0 Å². The van der Waals surface area contributed by atoms with E-state index in [9.17, 15) is 9.59 Å². The molecule has 2 aromatic heterocycles. The highest BCUT2D eigenvalue weighted by Crippen LogP contribution is 2.14. The Kier molecular flexibility index (Phi) is 6.19. The molecule has 0 unspecified atom stereocenters. The van der Waals surface area contributed by atoms with Gasteiger partial charge in [0, 0.05) is 11.8 Å². The standard InChI is InChI=1S/C18H16BrN3O3S/c19-16-7-6-15(25-16)18(24)22-14(8-12-4-2-1-3-5-12)17(23)20-9-13-10-26-11-21-13/h1-7,10-11,14H,8-9H2,(H,20,23)(H,22,24)/t14-/m1/s1. The zero-order valence-electron chi connectivity index (χ0n) is 13.6. The van der Waals surface area contributed by atoms with E-state index in [0.717, 1.165) is 11.3 Å². The van der Waals surface area contributed by atoms with Crippen LogP contribution in [0, 0.1) is 0 Å². The van der Waals surface area contributed by atoms with Crippen LogP contribution in [0.2, 0.25) is 0 Å². The molecule has 0 bridgehead atoms. The minimum atomic E-state index is -0.729. The van der Waals surface area contributed by atoms with Crippen LogP contribution >= 0.6 is 27.3 Å². The number of hydrogen-bond acceptors (Lipinski definition) is 5. The van der Waals surface area contributed by atoms with E-state index in [-0.39, 0.29) is 11.7 Å². The predicted octanol–water partition coefficient (Wildman–Crippen LogP) is 3.16. The lowest BCUT2D eigenvalue weighted by molar-refractivity contribution is -0.123. The lowest BCUT2D eigenvalue weighted by Crippen LogP contribution is -2.47. The molecular weight excluding hydrogens is 418 g/mol. The van der Waals surface area contributed by atoms with Crippen LogP contribution in [0.3, 0.4) is 0 Å². The minimum absolute atomic E-state index is 0.141. The lowest BCUT2D eigenvalue weighted by atomic mass is 10.0. The third kappa shape index (κ3) is 5.03. The summed E-state index contributed by atoms with van der Waals surface area (Å²) in [7, 11) is 0. The van der Waals surface area contributed by atoms with Gasteiger partial charge in [-0.05, 0) is 33.6 Å². The first-order valence-corrected chi connectivity index (χ1v) is 9.60. The third-order valence-electron chi connectivity index (χ3n) is 3.63. The van der Waals surface area contributed by atoms with Crippen LogP contribution in [0.15, 0.2) is 62.4 Å². The van der Waals surface area contributed by atoms with Gasteiger partial charge in [-0.25, -0.2) is 4.98 Å². The number of carbonyl (C=O) groups excluding carboxylic acids is 2. The maximum Gasteiger partial charge on any atom is 0.287 e. The Morgan fingerprint density at radius 3 is 2.65 bits per heavy atom. The van der Waals surface area contributed by atoms with E-state index >= 15 is 0 Å². The number of amides is 2. The van der Waals surface area contributed by atoms with Crippen LogP contribution in [0.5, 0.6) is 0 Å². The SMILES string of the molecule is O=C(N[C@H](Cc1ccccc1)C(=O)NCc1cscn1)c1ccc(Br)o1. The number of nitrogens with zero attached hydrogens (tertiary/aromatic N) is 1. The van der Waals surface area contributed by atoms with Crippen molar-refractivity contribution in [3.05, 3.63) is 75.0 Å². The molecule has 0 saturated heterocycles. The summed E-state index contributed by atoms with van der Waals surface area (Å²) in [5.74, 6) is -0.580. The van der Waals surface area contributed by atoms with Crippen LogP contribution in [0.1, 0.15) is 21.8 Å². The number of carbonyl (C=O) groups is 2. The topological polar surface area (TPSA) is 84.2 Å². The van der Waals surface area contributed by atoms with Crippen molar-refractivity contribution in [3.63, 3.8) is 0 Å². The van der Waals surface area contributed by atoms with E-state index in [1.807, 2.05) is 35.7 Å². The molecule has 3 aromatic rings. The fourth-order valence-electron chi connectivity index (χ4n) is 2.35. The second-order valence-corrected chi connectivity index (χ2v) is 7.02. The van der Waals surface area contributed by atoms with Gasteiger partial charge in [-0.15, -0.1) is 11.3 Å². The molecule has 2 heterocycles. The third-order valence-corrected chi connectivity index (χ3v) is 4.69. The summed E-state index contributed by atoms with van der Waals surface area (Å²) in [6.45, 7) is 0.315. The van der Waals surface area contributed by atoms with Crippen molar-refractivity contribution in [1.29, 1.82) is 0 Å². The van der Waals surface area contributed by atoms with Gasteiger partial charge in [0.25, 0.3) is 5.91 Å². The average molecular weight is 434 g/mol. The Morgan fingerprint density at radius 1 is 1.19 bits per heavy atom. The van der Waals surface area contributed by atoms with E-state index in [0.29, 0.717) is 17.6 Å². The molecule has 0 fully saturated rings. The van der Waals surface area contributed by atoms with Gasteiger partial charge < -0.3 is 15.1 Å². The monoisotopic (exact) mass is 433 g/mol. The van der Waals surface area contributed by atoms with Gasteiger partial charge in [-0.3, -0.25) is 9.59 Å². The van der Waals surface area contributed by atoms with Gasteiger partial charge in [0.05, 0.1) is 17.7 Å². The molecule has 1 atom stereocenters. The zero-order chi connectivity index (χ0) is 18.4. The highest BCUT2D eigenvalue weighted by atomic mass is 79.9. The van der Waals surface area contributed by atoms with Gasteiger partial charge in [0.2, 0.25) is 5.91 Å². The minimum Gasteiger partial charge on any atom is -0.444 e. The number of rotatable bonds is 7. The van der Waals surface area contributed by atoms with Gasteiger partial charge >= 0.3 is 0 Å². The number of benzene rings is 1. The molecule has 6 nitrogen and oxygen atoms in total. The highest BCUT2D eigenvalue weighted by molar-refractivity contribution is 9.10. The molecule has 0 aliphatic heterocycles. The quantitative estimate of drug-likeness (QED) is 0.599. The van der Waals surface area contributed by atoms with Crippen molar-refractivity contribution in [2.24, 2.45) is 0 Å². The smallest absolute Gasteiger partial charge is 0.287 e. The maximum atomic E-state index is 12.6. The fourth-order valence-corrected chi connectivity index (χ4v) is 3.22. The van der Waals surface area contributed by atoms with E-state index in [4.69, 9.17) is 4.42 Å². The van der Waals surface area contributed by atoms with E-state index in [1.165, 1.54) is 11.3 Å². The lowest BCUT2D eigenvalue weighted by Gasteiger charge is -2.18. The maximum absolute atomic E-state index is 12.6. The molecule has 8 heteroatoms. The van der Waals surface area contributed by atoms with E-state index < -0.39 is 11.9 Å². The van der Waals surface area contributed by atoms with Gasteiger partial charge in [0.1, 0.15) is 6.04 Å². The molecule has 134 valence electrons. The van der Waals surface area contributed by atoms with Crippen molar-refractivity contribution < 1.29 is 14.0 Å². The van der Waals surface area contributed by atoms with Crippen molar-refractivity contribution in [2.75, 3.05) is 0 Å². The molecule has 0 aliphatic rings. The number of aromatic nitrogens is 1. The Morgan fingerprint density at radius 2 is 2.00 bits per heavy atom. The number of nitrogens with one attached hydrogen (secondary N) is 2. The largest absolute Gasteiger partial charge is 0.444 e. The molecule has 2 N–H and O–H groups in total. The Balaban J connectivity index is 1.69. The molecule has 0 spiro atoms. The first-order chi connectivity index (χ1) is 12.6. The first-order valence-electron chi connectivity index (χ1n) is 7.86. The average Bonchev–Trinajstić information content (AvgIpc) is 3.31. The van der Waals surface area contributed by atoms with Crippen molar-refractivity contribution >= 4 is 39.1 Å². The Bertz CT molecular complexity index is 865. The van der Waals surface area contributed by atoms with Crippen LogP contribution in [-0.2, 0) is 17.8 Å². The summed E-state index contributed by atoms with van der Waals surface area (Å²) in [6, 6.07) is 12.0. The van der Waals surface area contributed by atoms with E-state index in [1.54, 1.807) is 17.6 Å². The van der Waals surface area contributed by atoms with Crippen molar-refractivity contribution in [3.8, 4) is 0 Å². The van der Waals surface area contributed by atoms with Crippen molar-refractivity contribution in [2.45, 2.75) is 19.0 Å². The van der Waals surface area contributed by atoms with E-state index in [2.05, 4.69) is 31.5 Å². The van der Waals surface area contributed by atoms with Gasteiger partial charge in [-0.1, -0.05) is 30.3 Å². The molecule has 0 aliphatic carbocycles. The summed E-state index contributed by atoms with van der Waals surface area (Å²) < 4.78 is 5.71. The normalized spacial score (nSPS) is 11.7. The second-order valence-electron chi connectivity index (χ2n) is 5.52. The predicted molar refractivity (Wildman–Crippen MR) is 102 cm³/mol. The molecular formula is C18H16BrN3O3S. The fraction of sp³-hybridized carbons (Fsp3) is 0.167. The second kappa shape index (κ2) is 8.77. The van der Waals surface area contributed by atoms with Crippen LogP contribution in [-0.4, -0.2) is 22.8 Å². The molecule has 3 rings (SSSR count). The van der Waals surface area contributed by atoms with Gasteiger partial charge in [-0.2, -0.15) is 0 Å². The van der Waals surface area contributed by atoms with Crippen molar-refractivity contribution in [1.82, 2.24) is 15.6 Å². The molecule has 2 amide bonds. The number of thiazole rings is 1. The summed E-state index contributed by atoms with van der Waals surface area (Å²) >= 11 is 4.63. The van der Waals surface area contributed by atoms with Crippen LogP contribution in [0.4, 0.5) is 0 Å². The first kappa shape index (κ1) is 18.3. The highest BCUT2D eigenvalue weighted by Gasteiger charge is 2.23. The van der Waals surface area contributed by atoms with Crippen LogP contribution < -0.4 is 10.6 Å². The zero-order valence-corrected chi connectivity index (χ0v) is 16.0.